The molecular formula is C24H21F2N5O4. The second kappa shape index (κ2) is 9.80. The minimum Gasteiger partial charge on any atom is -0.492 e. The van der Waals surface area contributed by atoms with Crippen LogP contribution in [0.25, 0.3) is 10.9 Å². The van der Waals surface area contributed by atoms with Crippen LogP contribution >= 0.6 is 0 Å². The Morgan fingerprint density at radius 1 is 1.26 bits per heavy atom. The van der Waals surface area contributed by atoms with E-state index in [-0.39, 0.29) is 52.8 Å². The van der Waals surface area contributed by atoms with E-state index in [0.717, 1.165) is 18.9 Å². The standard InChI is InChI=1S/C24H21F2N5O4/c1-12-17(31-24(33)30-13-3-4-13)10-16(25)22(21(12)26)35-19-5-7-29-18-11-20(34-8-2-6-27)15(23(28)32)9-14(18)19/h5,7,9-11,13H,2-4,8H2,1H3,(H2,28,32)(H2,30,31,33). The van der Waals surface area contributed by atoms with Gasteiger partial charge in [-0.3, -0.25) is 9.78 Å². The van der Waals surface area contributed by atoms with Crippen molar-refractivity contribution in [3.8, 4) is 23.3 Å². The number of pyridine rings is 1. The Morgan fingerprint density at radius 2 is 2.03 bits per heavy atom. The molecule has 180 valence electrons. The highest BCUT2D eigenvalue weighted by atomic mass is 19.1. The van der Waals surface area contributed by atoms with Crippen molar-refractivity contribution in [2.45, 2.75) is 32.2 Å². The first kappa shape index (κ1) is 23.7. The number of nitriles is 1. The SMILES string of the molecule is Cc1c(NC(=O)NC2CC2)cc(F)c(Oc2ccnc3cc(OCCC#N)c(C(N)=O)cc23)c1F. The average molecular weight is 481 g/mol. The van der Waals surface area contributed by atoms with E-state index >= 15 is 4.39 Å². The lowest BCUT2D eigenvalue weighted by molar-refractivity contribution is 0.0996. The first-order valence-electron chi connectivity index (χ1n) is 10.7. The molecule has 1 saturated carbocycles. The first-order chi connectivity index (χ1) is 16.8. The van der Waals surface area contributed by atoms with Crippen LogP contribution < -0.4 is 25.8 Å². The maximum absolute atomic E-state index is 15.1. The number of ether oxygens (including phenoxy) is 2. The number of nitrogens with two attached hydrogens (primary N) is 1. The van der Waals surface area contributed by atoms with Crippen molar-refractivity contribution >= 4 is 28.5 Å². The number of nitrogens with one attached hydrogen (secondary N) is 2. The van der Waals surface area contributed by atoms with Crippen LogP contribution in [-0.2, 0) is 0 Å². The van der Waals surface area contributed by atoms with Gasteiger partial charge in [-0.1, -0.05) is 0 Å². The summed E-state index contributed by atoms with van der Waals surface area (Å²) in [6.45, 7) is 1.42. The lowest BCUT2D eigenvalue weighted by atomic mass is 10.1. The molecule has 1 aromatic heterocycles. The van der Waals surface area contributed by atoms with Gasteiger partial charge in [-0.25, -0.2) is 13.6 Å². The fourth-order valence-electron chi connectivity index (χ4n) is 3.35. The van der Waals surface area contributed by atoms with Gasteiger partial charge in [0.15, 0.2) is 17.4 Å². The Kier molecular flexibility index (Phi) is 6.64. The molecule has 9 nitrogen and oxygen atoms in total. The maximum atomic E-state index is 15.1. The van der Waals surface area contributed by atoms with E-state index in [1.54, 1.807) is 0 Å². The van der Waals surface area contributed by atoms with Crippen LogP contribution in [0.15, 0.2) is 30.5 Å². The molecule has 3 aromatic rings. The van der Waals surface area contributed by atoms with Crippen molar-refractivity contribution in [1.29, 1.82) is 5.26 Å². The number of carbonyl (C=O) groups is 2. The number of halogens is 2. The van der Waals surface area contributed by atoms with Crippen molar-refractivity contribution in [1.82, 2.24) is 10.3 Å². The number of rotatable bonds is 8. The number of urea groups is 1. The van der Waals surface area contributed by atoms with Gasteiger partial charge in [0.2, 0.25) is 0 Å². The highest BCUT2D eigenvalue weighted by molar-refractivity contribution is 6.01. The van der Waals surface area contributed by atoms with Crippen molar-refractivity contribution in [2.24, 2.45) is 5.73 Å². The quantitative estimate of drug-likeness (QED) is 0.410. The predicted molar refractivity (Wildman–Crippen MR) is 122 cm³/mol. The van der Waals surface area contributed by atoms with E-state index < -0.39 is 29.3 Å². The van der Waals surface area contributed by atoms with Crippen LogP contribution in [-0.4, -0.2) is 29.6 Å². The van der Waals surface area contributed by atoms with Gasteiger partial charge < -0.3 is 25.8 Å². The molecule has 0 spiro atoms. The smallest absolute Gasteiger partial charge is 0.319 e. The molecule has 4 rings (SSSR count). The lowest BCUT2D eigenvalue weighted by Crippen LogP contribution is -2.30. The van der Waals surface area contributed by atoms with E-state index in [2.05, 4.69) is 15.6 Å². The van der Waals surface area contributed by atoms with Crippen LogP contribution in [0.4, 0.5) is 19.3 Å². The fraction of sp³-hybridized carbons (Fsp3) is 0.250. The molecule has 0 saturated heterocycles. The number of fused-ring (bicyclic) bond motifs is 1. The van der Waals surface area contributed by atoms with Gasteiger partial charge in [-0.2, -0.15) is 5.26 Å². The molecule has 11 heteroatoms. The molecule has 0 aliphatic heterocycles. The summed E-state index contributed by atoms with van der Waals surface area (Å²) < 4.78 is 41.0. The van der Waals surface area contributed by atoms with E-state index in [4.69, 9.17) is 20.5 Å². The summed E-state index contributed by atoms with van der Waals surface area (Å²) in [7, 11) is 0. The molecule has 2 aromatic carbocycles. The Morgan fingerprint density at radius 3 is 2.71 bits per heavy atom. The first-order valence-corrected chi connectivity index (χ1v) is 10.7. The van der Waals surface area contributed by atoms with Crippen molar-refractivity contribution in [2.75, 3.05) is 11.9 Å². The summed E-state index contributed by atoms with van der Waals surface area (Å²) in [5.74, 6) is -3.38. The number of primary amides is 1. The van der Waals surface area contributed by atoms with Gasteiger partial charge in [0.1, 0.15) is 18.1 Å². The molecule has 0 atom stereocenters. The molecule has 1 aliphatic rings. The molecule has 1 fully saturated rings. The second-order valence-electron chi connectivity index (χ2n) is 7.94. The summed E-state index contributed by atoms with van der Waals surface area (Å²) in [5, 5.41) is 14.1. The van der Waals surface area contributed by atoms with Crippen LogP contribution in [0.1, 0.15) is 35.2 Å². The van der Waals surface area contributed by atoms with Crippen molar-refractivity contribution < 1.29 is 27.8 Å². The van der Waals surface area contributed by atoms with Crippen molar-refractivity contribution in [3.63, 3.8) is 0 Å². The summed E-state index contributed by atoms with van der Waals surface area (Å²) >= 11 is 0. The Bertz CT molecular complexity index is 1370. The van der Waals surface area contributed by atoms with E-state index in [9.17, 15) is 14.0 Å². The molecular weight excluding hydrogens is 460 g/mol. The second-order valence-corrected chi connectivity index (χ2v) is 7.94. The number of anilines is 1. The number of amides is 3. The average Bonchev–Trinajstić information content (AvgIpc) is 3.63. The summed E-state index contributed by atoms with van der Waals surface area (Å²) in [6.07, 6.45) is 3.19. The number of aromatic nitrogens is 1. The number of nitrogens with zero attached hydrogens (tertiary/aromatic N) is 2. The number of carbonyl (C=O) groups excluding carboxylic acids is 2. The minimum absolute atomic E-state index is 0.00774. The molecule has 35 heavy (non-hydrogen) atoms. The Labute approximate surface area is 198 Å². The largest absolute Gasteiger partial charge is 0.492 e. The minimum atomic E-state index is -1.04. The molecule has 4 N–H and O–H groups in total. The van der Waals surface area contributed by atoms with Gasteiger partial charge in [0.05, 0.1) is 29.3 Å². The predicted octanol–water partition coefficient (Wildman–Crippen LogP) is 4.29. The topological polar surface area (TPSA) is 139 Å². The normalized spacial score (nSPS) is 12.6. The molecule has 0 bridgehead atoms. The highest BCUT2D eigenvalue weighted by Gasteiger charge is 2.25. The summed E-state index contributed by atoms with van der Waals surface area (Å²) in [4.78, 5) is 28.2. The summed E-state index contributed by atoms with van der Waals surface area (Å²) in [6, 6.07) is 6.60. The molecule has 0 radical (unpaired) electrons. The summed E-state index contributed by atoms with van der Waals surface area (Å²) in [5.41, 5.74) is 5.73. The van der Waals surface area contributed by atoms with Gasteiger partial charge in [-0.15, -0.1) is 0 Å². The van der Waals surface area contributed by atoms with Crippen LogP contribution in [0.3, 0.4) is 0 Å². The van der Waals surface area contributed by atoms with Crippen LogP contribution in [0, 0.1) is 29.9 Å². The Hall–Kier alpha value is -4.46. The molecule has 3 amide bonds. The monoisotopic (exact) mass is 481 g/mol. The van der Waals surface area contributed by atoms with E-state index in [0.29, 0.717) is 5.52 Å². The van der Waals surface area contributed by atoms with E-state index in [1.165, 1.54) is 31.3 Å². The zero-order valence-electron chi connectivity index (χ0n) is 18.7. The van der Waals surface area contributed by atoms with Crippen LogP contribution in [0.2, 0.25) is 0 Å². The third kappa shape index (κ3) is 5.22. The maximum Gasteiger partial charge on any atom is 0.319 e. The third-order valence-corrected chi connectivity index (χ3v) is 5.33. The van der Waals surface area contributed by atoms with Gasteiger partial charge >= 0.3 is 6.03 Å². The number of hydrogen-bond acceptors (Lipinski definition) is 6. The zero-order valence-corrected chi connectivity index (χ0v) is 18.7. The van der Waals surface area contributed by atoms with Gasteiger partial charge in [0.25, 0.3) is 5.91 Å². The third-order valence-electron chi connectivity index (χ3n) is 5.33. The molecule has 1 heterocycles. The van der Waals surface area contributed by atoms with Gasteiger partial charge in [0, 0.05) is 35.3 Å². The zero-order chi connectivity index (χ0) is 25.1. The van der Waals surface area contributed by atoms with Crippen molar-refractivity contribution in [3.05, 3.63) is 53.2 Å². The fourth-order valence-corrected chi connectivity index (χ4v) is 3.35. The molecule has 1 aliphatic carbocycles. The Balaban J connectivity index is 1.67. The number of benzene rings is 2. The lowest BCUT2D eigenvalue weighted by Gasteiger charge is -2.16. The number of hydrogen-bond donors (Lipinski definition) is 3. The highest BCUT2D eigenvalue weighted by Crippen LogP contribution is 2.37. The van der Waals surface area contributed by atoms with E-state index in [1.807, 2.05) is 6.07 Å². The molecule has 0 unspecified atom stereocenters. The van der Waals surface area contributed by atoms with Crippen LogP contribution in [0.5, 0.6) is 17.2 Å². The van der Waals surface area contributed by atoms with Gasteiger partial charge in [-0.05, 0) is 31.9 Å².